The number of methoxy groups -OCH3 is 1. The number of benzene rings is 2. The van der Waals surface area contributed by atoms with Gasteiger partial charge in [0.15, 0.2) is 5.16 Å². The first kappa shape index (κ1) is 26.3. The van der Waals surface area contributed by atoms with Gasteiger partial charge in [-0.1, -0.05) is 30.0 Å². The predicted molar refractivity (Wildman–Crippen MR) is 135 cm³/mol. The van der Waals surface area contributed by atoms with Crippen molar-refractivity contribution < 1.29 is 22.3 Å². The van der Waals surface area contributed by atoms with E-state index >= 15 is 0 Å². The monoisotopic (exact) mass is 533 g/mol. The molecule has 192 valence electrons. The molecule has 1 aliphatic heterocycles. The highest BCUT2D eigenvalue weighted by Crippen LogP contribution is 2.31. The van der Waals surface area contributed by atoms with Gasteiger partial charge >= 0.3 is 0 Å². The number of carbonyl (C=O) groups is 1. The molecule has 0 aliphatic carbocycles. The molecule has 0 unspecified atom stereocenters. The summed E-state index contributed by atoms with van der Waals surface area (Å²) >= 11 is 1.23. The van der Waals surface area contributed by atoms with Crippen LogP contribution in [0.4, 0.5) is 10.1 Å². The van der Waals surface area contributed by atoms with Crippen molar-refractivity contribution in [2.75, 3.05) is 37.9 Å². The summed E-state index contributed by atoms with van der Waals surface area (Å²) < 4.78 is 48.1. The van der Waals surface area contributed by atoms with Crippen LogP contribution in [0.3, 0.4) is 0 Å². The largest absolute Gasteiger partial charge is 0.383 e. The van der Waals surface area contributed by atoms with Crippen molar-refractivity contribution >= 4 is 33.4 Å². The van der Waals surface area contributed by atoms with E-state index in [0.717, 1.165) is 6.42 Å². The lowest BCUT2D eigenvalue weighted by Gasteiger charge is -2.31. The minimum absolute atomic E-state index is 0.0850. The van der Waals surface area contributed by atoms with E-state index in [4.69, 9.17) is 4.74 Å². The maximum absolute atomic E-state index is 13.2. The molecular weight excluding hydrogens is 505 g/mol. The lowest BCUT2D eigenvalue weighted by Crippen LogP contribution is -2.39. The Bertz CT molecular complexity index is 1270. The molecule has 1 amide bonds. The molecular formula is C24H28FN5O4S2. The Hall–Kier alpha value is -2.80. The number of nitrogens with zero attached hydrogens (tertiary/aromatic N) is 4. The Kier molecular flexibility index (Phi) is 8.72. The highest BCUT2D eigenvalue weighted by Gasteiger charge is 2.33. The van der Waals surface area contributed by atoms with Gasteiger partial charge in [0.1, 0.15) is 11.6 Å². The molecule has 4 rings (SSSR count). The quantitative estimate of drug-likeness (QED) is 0.398. The number of thioether (sulfide) groups is 1. The molecule has 36 heavy (non-hydrogen) atoms. The first-order valence-corrected chi connectivity index (χ1v) is 14.0. The van der Waals surface area contributed by atoms with Gasteiger partial charge in [0, 0.05) is 38.3 Å². The average Bonchev–Trinajstić information content (AvgIpc) is 3.31. The fourth-order valence-corrected chi connectivity index (χ4v) is 6.39. The molecule has 12 heteroatoms. The van der Waals surface area contributed by atoms with Crippen LogP contribution in [0, 0.1) is 5.82 Å². The van der Waals surface area contributed by atoms with Gasteiger partial charge in [0.05, 0.1) is 17.3 Å². The molecule has 1 aliphatic rings. The topological polar surface area (TPSA) is 106 Å². The number of ether oxygens (including phenoxy) is 1. The highest BCUT2D eigenvalue weighted by atomic mass is 32.2. The minimum atomic E-state index is -3.61. The fraction of sp³-hybridized carbons (Fsp3) is 0.375. The van der Waals surface area contributed by atoms with E-state index < -0.39 is 10.0 Å². The van der Waals surface area contributed by atoms with Crippen molar-refractivity contribution in [1.29, 1.82) is 0 Å². The van der Waals surface area contributed by atoms with Gasteiger partial charge < -0.3 is 14.6 Å². The van der Waals surface area contributed by atoms with Gasteiger partial charge in [-0.25, -0.2) is 12.8 Å². The number of piperidine rings is 1. The zero-order valence-electron chi connectivity index (χ0n) is 19.8. The van der Waals surface area contributed by atoms with Crippen LogP contribution in [0.15, 0.2) is 64.6 Å². The zero-order valence-corrected chi connectivity index (χ0v) is 21.5. The van der Waals surface area contributed by atoms with Crippen molar-refractivity contribution in [2.24, 2.45) is 0 Å². The first-order valence-electron chi connectivity index (χ1n) is 11.5. The standard InChI is InChI=1S/C24H28FN5O4S2/c1-34-15-14-30-23(18-6-5-13-29(16-18)36(32,33)21-7-3-2-4-8-21)27-28-24(30)35-17-22(31)26-20-11-9-19(25)10-12-20/h2-4,7-12,18H,5-6,13-17H2,1H3,(H,26,31)/t18-/m0/s1. The summed E-state index contributed by atoms with van der Waals surface area (Å²) in [5.74, 6) is -0.00142. The molecule has 1 fully saturated rings. The number of anilines is 1. The molecule has 1 aromatic heterocycles. The smallest absolute Gasteiger partial charge is 0.243 e. The minimum Gasteiger partial charge on any atom is -0.383 e. The van der Waals surface area contributed by atoms with Gasteiger partial charge in [-0.15, -0.1) is 10.2 Å². The van der Waals surface area contributed by atoms with Crippen LogP contribution in [-0.2, 0) is 26.1 Å². The van der Waals surface area contributed by atoms with Gasteiger partial charge in [-0.2, -0.15) is 4.31 Å². The summed E-state index contributed by atoms with van der Waals surface area (Å²) in [5, 5.41) is 12.0. The first-order chi connectivity index (χ1) is 17.4. The van der Waals surface area contributed by atoms with Crippen molar-refractivity contribution in [1.82, 2.24) is 19.1 Å². The third-order valence-electron chi connectivity index (χ3n) is 5.86. The normalized spacial score (nSPS) is 16.7. The van der Waals surface area contributed by atoms with Crippen LogP contribution in [0.5, 0.6) is 0 Å². The van der Waals surface area contributed by atoms with Crippen LogP contribution >= 0.6 is 11.8 Å². The van der Waals surface area contributed by atoms with E-state index in [1.165, 1.54) is 40.3 Å². The number of nitrogens with one attached hydrogen (secondary N) is 1. The van der Waals surface area contributed by atoms with E-state index in [9.17, 15) is 17.6 Å². The maximum Gasteiger partial charge on any atom is 0.243 e. The Morgan fingerprint density at radius 1 is 1.17 bits per heavy atom. The van der Waals surface area contributed by atoms with E-state index in [1.54, 1.807) is 37.4 Å². The Morgan fingerprint density at radius 2 is 1.92 bits per heavy atom. The van der Waals surface area contributed by atoms with Gasteiger partial charge in [-0.3, -0.25) is 4.79 Å². The SMILES string of the molecule is COCCn1c(SCC(=O)Nc2ccc(F)cc2)nnc1[C@H]1CCCN(S(=O)(=O)c2ccccc2)C1. The van der Waals surface area contributed by atoms with E-state index in [1.807, 2.05) is 4.57 Å². The van der Waals surface area contributed by atoms with Gasteiger partial charge in [0.25, 0.3) is 0 Å². The number of aromatic nitrogens is 3. The molecule has 0 saturated carbocycles. The lowest BCUT2D eigenvalue weighted by atomic mass is 9.99. The van der Waals surface area contributed by atoms with Crippen LogP contribution in [-0.4, -0.2) is 66.0 Å². The average molecular weight is 534 g/mol. The highest BCUT2D eigenvalue weighted by molar-refractivity contribution is 7.99. The van der Waals surface area contributed by atoms with Gasteiger partial charge in [-0.05, 0) is 49.2 Å². The summed E-state index contributed by atoms with van der Waals surface area (Å²) in [6.07, 6.45) is 1.48. The zero-order chi connectivity index (χ0) is 25.5. The molecule has 9 nitrogen and oxygen atoms in total. The second-order valence-corrected chi connectivity index (χ2v) is 11.2. The lowest BCUT2D eigenvalue weighted by molar-refractivity contribution is -0.113. The molecule has 2 heterocycles. The number of carbonyl (C=O) groups excluding carboxylic acids is 1. The molecule has 2 aromatic carbocycles. The molecule has 1 atom stereocenters. The van der Waals surface area contributed by atoms with E-state index in [0.29, 0.717) is 49.3 Å². The Morgan fingerprint density at radius 3 is 2.64 bits per heavy atom. The van der Waals surface area contributed by atoms with Crippen LogP contribution in [0.25, 0.3) is 0 Å². The summed E-state index contributed by atoms with van der Waals surface area (Å²) in [6, 6.07) is 14.0. The van der Waals surface area contributed by atoms with Crippen molar-refractivity contribution in [3.05, 3.63) is 66.2 Å². The number of hydrogen-bond donors (Lipinski definition) is 1. The fourth-order valence-electron chi connectivity index (χ4n) is 4.07. The van der Waals surface area contributed by atoms with Crippen molar-refractivity contribution in [3.8, 4) is 0 Å². The van der Waals surface area contributed by atoms with Crippen LogP contribution in [0.1, 0.15) is 24.6 Å². The third kappa shape index (κ3) is 6.30. The molecule has 3 aromatic rings. The summed E-state index contributed by atoms with van der Waals surface area (Å²) in [5.41, 5.74) is 0.505. The van der Waals surface area contributed by atoms with E-state index in [2.05, 4.69) is 15.5 Å². The summed E-state index contributed by atoms with van der Waals surface area (Å²) in [4.78, 5) is 12.7. The number of rotatable bonds is 10. The maximum atomic E-state index is 13.2. The van der Waals surface area contributed by atoms with Crippen molar-refractivity contribution in [3.63, 3.8) is 0 Å². The number of halogens is 1. The summed E-state index contributed by atoms with van der Waals surface area (Å²) in [6.45, 7) is 1.64. The molecule has 0 radical (unpaired) electrons. The van der Waals surface area contributed by atoms with E-state index in [-0.39, 0.29) is 28.3 Å². The molecule has 1 N–H and O–H groups in total. The number of hydrogen-bond acceptors (Lipinski definition) is 7. The van der Waals surface area contributed by atoms with Crippen molar-refractivity contribution in [2.45, 2.75) is 35.4 Å². The molecule has 0 spiro atoms. The summed E-state index contributed by atoms with van der Waals surface area (Å²) in [7, 11) is -2.01. The second kappa shape index (κ2) is 12.0. The number of sulfonamides is 1. The van der Waals surface area contributed by atoms with Crippen LogP contribution in [0.2, 0.25) is 0 Å². The Balaban J connectivity index is 1.47. The third-order valence-corrected chi connectivity index (χ3v) is 8.70. The van der Waals surface area contributed by atoms with Crippen LogP contribution < -0.4 is 5.32 Å². The second-order valence-electron chi connectivity index (χ2n) is 8.34. The Labute approximate surface area is 214 Å². The number of amides is 1. The van der Waals surface area contributed by atoms with Gasteiger partial charge in [0.2, 0.25) is 15.9 Å². The molecule has 1 saturated heterocycles. The molecule has 0 bridgehead atoms. The predicted octanol–water partition coefficient (Wildman–Crippen LogP) is 3.36.